The van der Waals surface area contributed by atoms with Crippen LogP contribution in [0, 0.1) is 0 Å². The van der Waals surface area contributed by atoms with Crippen molar-refractivity contribution in [2.24, 2.45) is 0 Å². The highest BCUT2D eigenvalue weighted by molar-refractivity contribution is 6.30. The molecule has 0 saturated heterocycles. The Morgan fingerprint density at radius 2 is 1.94 bits per heavy atom. The lowest BCUT2D eigenvalue weighted by atomic mass is 10.2. The largest absolute Gasteiger partial charge is 0.514 e. The lowest BCUT2D eigenvalue weighted by molar-refractivity contribution is 0.0693. The molecule has 0 atom stereocenters. The predicted octanol–water partition coefficient (Wildman–Crippen LogP) is 2.90. The van der Waals surface area contributed by atoms with Gasteiger partial charge in [-0.2, -0.15) is 0 Å². The third kappa shape index (κ3) is 5.07. The van der Waals surface area contributed by atoms with E-state index < -0.39 is 5.97 Å². The highest BCUT2D eigenvalue weighted by Gasteiger charge is 2.05. The van der Waals surface area contributed by atoms with Crippen LogP contribution in [0.3, 0.4) is 0 Å². The number of benzene rings is 1. The molecule has 16 heavy (non-hydrogen) atoms. The maximum Gasteiger partial charge on any atom is 0.339 e. The quantitative estimate of drug-likeness (QED) is 0.550. The van der Waals surface area contributed by atoms with Crippen molar-refractivity contribution >= 4 is 17.6 Å². The molecule has 0 heterocycles. The fraction of sp³-hybridized carbons (Fsp3) is 0. The molecule has 1 aromatic carbocycles. The number of allylic oxidation sites excluding steroid dienone is 2. The van der Waals surface area contributed by atoms with Crippen LogP contribution in [0.25, 0.3) is 0 Å². The normalized spacial score (nSPS) is 9.94. The number of para-hydroxylation sites is 1. The average molecular weight is 243 g/mol. The van der Waals surface area contributed by atoms with Gasteiger partial charge in [0.1, 0.15) is 11.3 Å². The first-order valence-corrected chi connectivity index (χ1v) is 4.54. The maximum absolute atomic E-state index is 10.3. The summed E-state index contributed by atoms with van der Waals surface area (Å²) in [6.45, 7) is 3.27. The molecule has 1 rings (SSSR count). The van der Waals surface area contributed by atoms with Crippen molar-refractivity contribution in [2.75, 3.05) is 0 Å². The van der Waals surface area contributed by atoms with E-state index in [0.29, 0.717) is 0 Å². The van der Waals surface area contributed by atoms with Gasteiger partial charge < -0.3 is 15.3 Å². The topological polar surface area (TPSA) is 77.8 Å². The Labute approximate surface area is 97.7 Å². The summed E-state index contributed by atoms with van der Waals surface area (Å²) >= 11 is 5.14. The average Bonchev–Trinajstić information content (AvgIpc) is 2.29. The highest BCUT2D eigenvalue weighted by atomic mass is 35.5. The van der Waals surface area contributed by atoms with E-state index >= 15 is 0 Å². The fourth-order valence-electron chi connectivity index (χ4n) is 0.707. The van der Waals surface area contributed by atoms with Gasteiger partial charge >= 0.3 is 5.97 Å². The van der Waals surface area contributed by atoms with Gasteiger partial charge in [-0.1, -0.05) is 30.3 Å². The second-order valence-corrected chi connectivity index (χ2v) is 2.98. The van der Waals surface area contributed by atoms with Gasteiger partial charge in [-0.3, -0.25) is 0 Å². The molecule has 0 aliphatic carbocycles. The molecule has 0 fully saturated rings. The van der Waals surface area contributed by atoms with Crippen LogP contribution in [-0.2, 0) is 0 Å². The van der Waals surface area contributed by atoms with Crippen LogP contribution in [0.15, 0.2) is 48.2 Å². The molecule has 0 unspecified atom stereocenters. The van der Waals surface area contributed by atoms with Gasteiger partial charge in [-0.05, 0) is 18.2 Å². The van der Waals surface area contributed by atoms with E-state index in [0.717, 1.165) is 6.26 Å². The van der Waals surface area contributed by atoms with Crippen LogP contribution >= 0.6 is 11.6 Å². The molecule has 3 N–H and O–H groups in total. The standard InChI is InChI=1S/C7H6O3.C4H5ClO/c8-6-4-2-1-3-5(6)7(9)10;1-2-4(5)3-6/h1-4,8H,(H,9,10);2-3,6H,1H2. The van der Waals surface area contributed by atoms with Gasteiger partial charge in [0.2, 0.25) is 0 Å². The number of aliphatic hydroxyl groups is 1. The fourth-order valence-corrected chi connectivity index (χ4v) is 0.707. The van der Waals surface area contributed by atoms with Crippen LogP contribution in [-0.4, -0.2) is 21.3 Å². The SMILES string of the molecule is C=CC(Cl)=CO.O=C(O)c1ccccc1O. The molecule has 0 aliphatic heterocycles. The summed E-state index contributed by atoms with van der Waals surface area (Å²) in [6, 6.07) is 5.81. The zero-order chi connectivity index (χ0) is 12.6. The van der Waals surface area contributed by atoms with E-state index in [2.05, 4.69) is 6.58 Å². The van der Waals surface area contributed by atoms with Crippen LogP contribution in [0.1, 0.15) is 10.4 Å². The van der Waals surface area contributed by atoms with E-state index in [4.69, 9.17) is 26.9 Å². The van der Waals surface area contributed by atoms with Crippen molar-refractivity contribution in [3.8, 4) is 5.75 Å². The first-order chi connectivity index (χ1) is 7.52. The van der Waals surface area contributed by atoms with Crippen molar-refractivity contribution < 1.29 is 20.1 Å². The van der Waals surface area contributed by atoms with E-state index in [1.807, 2.05) is 0 Å². The van der Waals surface area contributed by atoms with Crippen LogP contribution < -0.4 is 0 Å². The van der Waals surface area contributed by atoms with Crippen molar-refractivity contribution in [1.82, 2.24) is 0 Å². The Hall–Kier alpha value is -1.94. The van der Waals surface area contributed by atoms with Crippen LogP contribution in [0.5, 0.6) is 5.75 Å². The number of carbonyl (C=O) groups is 1. The molecule has 4 nitrogen and oxygen atoms in total. The summed E-state index contributed by atoms with van der Waals surface area (Å²) in [6.07, 6.45) is 2.14. The van der Waals surface area contributed by atoms with Gasteiger partial charge in [0, 0.05) is 0 Å². The smallest absolute Gasteiger partial charge is 0.339 e. The monoisotopic (exact) mass is 242 g/mol. The lowest BCUT2D eigenvalue weighted by Gasteiger charge is -1.95. The van der Waals surface area contributed by atoms with Gasteiger partial charge in [0.05, 0.1) is 11.3 Å². The van der Waals surface area contributed by atoms with Crippen LogP contribution in [0.2, 0.25) is 0 Å². The van der Waals surface area contributed by atoms with Gasteiger partial charge in [-0.25, -0.2) is 4.79 Å². The minimum Gasteiger partial charge on any atom is -0.514 e. The third-order valence-corrected chi connectivity index (χ3v) is 1.70. The highest BCUT2D eigenvalue weighted by Crippen LogP contribution is 2.14. The van der Waals surface area contributed by atoms with Gasteiger partial charge in [0.15, 0.2) is 0 Å². The second-order valence-electron chi connectivity index (χ2n) is 2.54. The number of halogens is 1. The van der Waals surface area contributed by atoms with Gasteiger partial charge in [-0.15, -0.1) is 0 Å². The molecule has 0 radical (unpaired) electrons. The lowest BCUT2D eigenvalue weighted by Crippen LogP contribution is -1.95. The number of carboxylic acids is 1. The van der Waals surface area contributed by atoms with E-state index in [9.17, 15) is 4.79 Å². The molecule has 5 heteroatoms. The second kappa shape index (κ2) is 7.36. The summed E-state index contributed by atoms with van der Waals surface area (Å²) in [5, 5.41) is 25.5. The molecule has 1 aromatic rings. The Morgan fingerprint density at radius 1 is 1.38 bits per heavy atom. The summed E-state index contributed by atoms with van der Waals surface area (Å²) < 4.78 is 0. The van der Waals surface area contributed by atoms with E-state index in [1.165, 1.54) is 18.2 Å². The van der Waals surface area contributed by atoms with Gasteiger partial charge in [0.25, 0.3) is 0 Å². The Balaban J connectivity index is 0.000000325. The number of rotatable bonds is 2. The van der Waals surface area contributed by atoms with Crippen molar-refractivity contribution in [1.29, 1.82) is 0 Å². The molecule has 86 valence electrons. The molecule has 0 amide bonds. The maximum atomic E-state index is 10.3. The first-order valence-electron chi connectivity index (χ1n) is 4.16. The predicted molar refractivity (Wildman–Crippen MR) is 61.8 cm³/mol. The minimum atomic E-state index is -1.11. The number of hydrogen-bond donors (Lipinski definition) is 3. The summed E-state index contributed by atoms with van der Waals surface area (Å²) in [5.74, 6) is -1.31. The Kier molecular flexibility index (Phi) is 6.47. The molecule has 0 aliphatic rings. The van der Waals surface area contributed by atoms with Crippen LogP contribution in [0.4, 0.5) is 0 Å². The molecular formula is C11H11ClO4. The summed E-state index contributed by atoms with van der Waals surface area (Å²) in [4.78, 5) is 10.3. The minimum absolute atomic E-state index is 0.0671. The zero-order valence-corrected chi connectivity index (χ0v) is 9.05. The molecular weight excluding hydrogens is 232 g/mol. The van der Waals surface area contributed by atoms with Crippen molar-refractivity contribution in [3.05, 3.63) is 53.8 Å². The third-order valence-electron chi connectivity index (χ3n) is 1.45. The summed E-state index contributed by atoms with van der Waals surface area (Å²) in [5.41, 5.74) is -0.0671. The molecule has 0 spiro atoms. The number of aromatic hydroxyl groups is 1. The molecule has 0 aromatic heterocycles. The Bertz CT molecular complexity index is 399. The molecule has 0 saturated carbocycles. The number of carboxylic acid groups (broad SMARTS) is 1. The van der Waals surface area contributed by atoms with E-state index in [-0.39, 0.29) is 16.3 Å². The first kappa shape index (κ1) is 14.1. The van der Waals surface area contributed by atoms with Crippen molar-refractivity contribution in [2.45, 2.75) is 0 Å². The summed E-state index contributed by atoms with van der Waals surface area (Å²) in [7, 11) is 0. The number of aromatic carboxylic acids is 1. The number of phenols is 1. The van der Waals surface area contributed by atoms with E-state index in [1.54, 1.807) is 12.1 Å². The Morgan fingerprint density at radius 3 is 2.19 bits per heavy atom. The zero-order valence-electron chi connectivity index (χ0n) is 8.30. The number of hydrogen-bond acceptors (Lipinski definition) is 3. The van der Waals surface area contributed by atoms with Crippen molar-refractivity contribution in [3.63, 3.8) is 0 Å². The molecule has 0 bridgehead atoms. The number of aliphatic hydroxyl groups excluding tert-OH is 1.